The van der Waals surface area contributed by atoms with E-state index in [-0.39, 0.29) is 5.56 Å². The lowest BCUT2D eigenvalue weighted by Gasteiger charge is -2.14. The summed E-state index contributed by atoms with van der Waals surface area (Å²) in [4.78, 5) is 20.8. The van der Waals surface area contributed by atoms with E-state index in [4.69, 9.17) is 9.51 Å². The van der Waals surface area contributed by atoms with E-state index in [1.165, 1.54) is 27.8 Å². The molecule has 0 amide bonds. The number of rotatable bonds is 4. The van der Waals surface area contributed by atoms with Gasteiger partial charge in [0.25, 0.3) is 5.56 Å². The van der Waals surface area contributed by atoms with Gasteiger partial charge in [-0.2, -0.15) is 0 Å². The number of aromatic nitrogens is 3. The van der Waals surface area contributed by atoms with Crippen LogP contribution in [0.25, 0.3) is 15.9 Å². The van der Waals surface area contributed by atoms with E-state index in [0.717, 1.165) is 52.2 Å². The molecule has 0 fully saturated rings. The third-order valence-corrected chi connectivity index (χ3v) is 7.47. The Bertz CT molecular complexity index is 1300. The van der Waals surface area contributed by atoms with Gasteiger partial charge in [0.2, 0.25) is 0 Å². The van der Waals surface area contributed by atoms with Crippen molar-refractivity contribution < 1.29 is 4.52 Å². The van der Waals surface area contributed by atoms with Crippen molar-refractivity contribution in [3.63, 3.8) is 0 Å². The highest BCUT2D eigenvalue weighted by Gasteiger charge is 2.24. The highest BCUT2D eigenvalue weighted by molar-refractivity contribution is 7.98. The van der Waals surface area contributed by atoms with Gasteiger partial charge in [0.1, 0.15) is 10.6 Å². The monoisotopic (exact) mass is 423 g/mol. The summed E-state index contributed by atoms with van der Waals surface area (Å²) in [5.74, 6) is 1.36. The Morgan fingerprint density at radius 2 is 2.07 bits per heavy atom. The molecule has 5 nitrogen and oxygen atoms in total. The fourth-order valence-corrected chi connectivity index (χ4v) is 6.19. The molecule has 0 saturated heterocycles. The van der Waals surface area contributed by atoms with E-state index in [2.05, 4.69) is 18.1 Å². The van der Waals surface area contributed by atoms with Gasteiger partial charge >= 0.3 is 0 Å². The molecular weight excluding hydrogens is 402 g/mol. The van der Waals surface area contributed by atoms with E-state index in [0.29, 0.717) is 10.9 Å². The second kappa shape index (κ2) is 7.15. The lowest BCUT2D eigenvalue weighted by molar-refractivity contribution is 0.391. The Hall–Kier alpha value is -2.38. The molecule has 4 aromatic rings. The lowest BCUT2D eigenvalue weighted by Crippen LogP contribution is -2.22. The Balaban J connectivity index is 1.70. The molecule has 148 valence electrons. The van der Waals surface area contributed by atoms with Gasteiger partial charge < -0.3 is 4.52 Å². The minimum absolute atomic E-state index is 0.0394. The summed E-state index contributed by atoms with van der Waals surface area (Å²) >= 11 is 3.19. The second-order valence-corrected chi connectivity index (χ2v) is 9.61. The van der Waals surface area contributed by atoms with Crippen molar-refractivity contribution in [1.82, 2.24) is 14.7 Å². The van der Waals surface area contributed by atoms with Crippen LogP contribution in [0.3, 0.4) is 0 Å². The van der Waals surface area contributed by atoms with Crippen LogP contribution in [0.4, 0.5) is 0 Å². The largest absolute Gasteiger partial charge is 0.360 e. The van der Waals surface area contributed by atoms with E-state index in [1.54, 1.807) is 15.9 Å². The number of fused-ring (bicyclic) bond motifs is 3. The van der Waals surface area contributed by atoms with Gasteiger partial charge in [-0.15, -0.1) is 11.3 Å². The smallest absolute Gasteiger partial charge is 0.267 e. The van der Waals surface area contributed by atoms with Crippen LogP contribution in [0.2, 0.25) is 0 Å². The molecule has 3 aromatic heterocycles. The topological polar surface area (TPSA) is 60.9 Å². The molecule has 0 bridgehead atoms. The van der Waals surface area contributed by atoms with E-state index in [9.17, 15) is 4.79 Å². The zero-order valence-electron chi connectivity index (χ0n) is 16.6. The van der Waals surface area contributed by atoms with Crippen LogP contribution in [-0.2, 0) is 18.6 Å². The molecule has 0 spiro atoms. The number of aryl methyl sites for hydroxylation is 5. The molecule has 5 rings (SSSR count). The van der Waals surface area contributed by atoms with Crippen molar-refractivity contribution in [3.8, 4) is 5.69 Å². The van der Waals surface area contributed by atoms with Gasteiger partial charge in [0.15, 0.2) is 5.16 Å². The van der Waals surface area contributed by atoms with E-state index >= 15 is 0 Å². The summed E-state index contributed by atoms with van der Waals surface area (Å²) in [7, 11) is 0. The quantitative estimate of drug-likeness (QED) is 0.336. The van der Waals surface area contributed by atoms with Crippen LogP contribution in [-0.4, -0.2) is 14.7 Å². The van der Waals surface area contributed by atoms with Gasteiger partial charge in [-0.25, -0.2) is 4.98 Å². The first-order valence-electron chi connectivity index (χ1n) is 9.71. The number of thioether (sulfide) groups is 1. The number of benzene rings is 1. The highest BCUT2D eigenvalue weighted by atomic mass is 32.2. The van der Waals surface area contributed by atoms with Crippen molar-refractivity contribution in [2.45, 2.75) is 50.9 Å². The Kier molecular flexibility index (Phi) is 4.59. The van der Waals surface area contributed by atoms with Crippen LogP contribution < -0.4 is 5.56 Å². The summed E-state index contributed by atoms with van der Waals surface area (Å²) in [6, 6.07) is 8.10. The molecule has 29 heavy (non-hydrogen) atoms. The molecule has 1 aliphatic rings. The SMILES string of the molecule is Cc1ccc(-n2c(SCc3cc(C)no3)nc3sc4c(c3c2=O)CCC4)c(C)c1. The fraction of sp³-hybridized carbons (Fsp3) is 0.318. The predicted octanol–water partition coefficient (Wildman–Crippen LogP) is 5.14. The zero-order chi connectivity index (χ0) is 20.1. The summed E-state index contributed by atoms with van der Waals surface area (Å²) in [6.07, 6.45) is 3.16. The van der Waals surface area contributed by atoms with Crippen LogP contribution in [0, 0.1) is 20.8 Å². The third-order valence-electron chi connectivity index (χ3n) is 5.32. The average molecular weight is 424 g/mol. The summed E-state index contributed by atoms with van der Waals surface area (Å²) in [5, 5.41) is 5.46. The molecule has 0 unspecified atom stereocenters. The molecule has 0 aliphatic heterocycles. The summed E-state index contributed by atoms with van der Waals surface area (Å²) in [5.41, 5.74) is 5.24. The Morgan fingerprint density at radius 1 is 1.21 bits per heavy atom. The van der Waals surface area contributed by atoms with Crippen LogP contribution in [0.1, 0.15) is 39.4 Å². The molecule has 3 heterocycles. The number of nitrogens with zero attached hydrogens (tertiary/aromatic N) is 3. The van der Waals surface area contributed by atoms with Gasteiger partial charge in [-0.3, -0.25) is 9.36 Å². The first-order chi connectivity index (χ1) is 14.0. The van der Waals surface area contributed by atoms with Crippen molar-refractivity contribution in [2.75, 3.05) is 0 Å². The Morgan fingerprint density at radius 3 is 2.83 bits per heavy atom. The van der Waals surface area contributed by atoms with Crippen molar-refractivity contribution >= 4 is 33.3 Å². The molecular formula is C22H21N3O2S2. The highest BCUT2D eigenvalue weighted by Crippen LogP contribution is 2.36. The van der Waals surface area contributed by atoms with E-state index in [1.807, 2.05) is 32.0 Å². The third kappa shape index (κ3) is 3.22. The maximum absolute atomic E-state index is 13.7. The number of thiophene rings is 1. The molecule has 0 N–H and O–H groups in total. The van der Waals surface area contributed by atoms with Crippen LogP contribution in [0.15, 0.2) is 38.7 Å². The van der Waals surface area contributed by atoms with Crippen molar-refractivity contribution in [2.24, 2.45) is 0 Å². The van der Waals surface area contributed by atoms with Crippen LogP contribution >= 0.6 is 23.1 Å². The molecule has 0 saturated carbocycles. The maximum Gasteiger partial charge on any atom is 0.267 e. The summed E-state index contributed by atoms with van der Waals surface area (Å²) in [6.45, 7) is 6.01. The summed E-state index contributed by atoms with van der Waals surface area (Å²) < 4.78 is 7.14. The van der Waals surface area contributed by atoms with Gasteiger partial charge in [0.05, 0.1) is 22.5 Å². The molecule has 0 atom stereocenters. The van der Waals surface area contributed by atoms with Crippen molar-refractivity contribution in [1.29, 1.82) is 0 Å². The number of hydrogen-bond donors (Lipinski definition) is 0. The lowest BCUT2D eigenvalue weighted by atomic mass is 10.1. The van der Waals surface area contributed by atoms with Crippen molar-refractivity contribution in [3.05, 3.63) is 67.6 Å². The molecule has 0 radical (unpaired) electrons. The van der Waals surface area contributed by atoms with Gasteiger partial charge in [0, 0.05) is 10.9 Å². The minimum Gasteiger partial charge on any atom is -0.360 e. The molecule has 7 heteroatoms. The molecule has 1 aromatic carbocycles. The zero-order valence-corrected chi connectivity index (χ0v) is 18.2. The second-order valence-electron chi connectivity index (χ2n) is 7.59. The first-order valence-corrected chi connectivity index (χ1v) is 11.5. The predicted molar refractivity (Wildman–Crippen MR) is 118 cm³/mol. The normalized spacial score (nSPS) is 13.3. The van der Waals surface area contributed by atoms with Gasteiger partial charge in [-0.05, 0) is 57.2 Å². The Labute approximate surface area is 176 Å². The standard InChI is InChI=1S/C22H21N3O2S2/c1-12-7-8-17(13(2)9-12)25-21(26)19-16-5-4-6-18(16)29-20(19)23-22(25)28-11-15-10-14(3)24-27-15/h7-10H,4-6,11H2,1-3H3. The van der Waals surface area contributed by atoms with Crippen LogP contribution in [0.5, 0.6) is 0 Å². The maximum atomic E-state index is 13.7. The van der Waals surface area contributed by atoms with E-state index < -0.39 is 0 Å². The average Bonchev–Trinajstić information content (AvgIpc) is 3.37. The minimum atomic E-state index is 0.0394. The molecule has 1 aliphatic carbocycles. The van der Waals surface area contributed by atoms with Gasteiger partial charge in [-0.1, -0.05) is 34.6 Å². The first kappa shape index (κ1) is 18.6. The fourth-order valence-electron chi connectivity index (χ4n) is 4.01. The number of hydrogen-bond acceptors (Lipinski definition) is 6.